The lowest BCUT2D eigenvalue weighted by atomic mass is 9.87. The van der Waals surface area contributed by atoms with Gasteiger partial charge in [0.15, 0.2) is 0 Å². The highest BCUT2D eigenvalue weighted by Crippen LogP contribution is 2.37. The second kappa shape index (κ2) is 5.37. The molecule has 1 aromatic heterocycles. The van der Waals surface area contributed by atoms with Crippen molar-refractivity contribution in [2.75, 3.05) is 24.2 Å². The topological polar surface area (TPSA) is 104 Å². The molecular formula is C15H20N4O2. The molecule has 0 amide bonds. The molecule has 0 saturated heterocycles. The number of rotatable bonds is 4. The van der Waals surface area contributed by atoms with Crippen molar-refractivity contribution in [3.63, 3.8) is 0 Å². The quantitative estimate of drug-likeness (QED) is 0.638. The van der Waals surface area contributed by atoms with Gasteiger partial charge in [0.05, 0.1) is 17.5 Å². The first-order valence-corrected chi connectivity index (χ1v) is 7.26. The summed E-state index contributed by atoms with van der Waals surface area (Å²) in [7, 11) is 0. The summed E-state index contributed by atoms with van der Waals surface area (Å²) in [6.07, 6.45) is 4.29. The third-order valence-corrected chi connectivity index (χ3v) is 4.36. The predicted molar refractivity (Wildman–Crippen MR) is 83.3 cm³/mol. The minimum Gasteiger partial charge on any atom is -0.399 e. The van der Waals surface area contributed by atoms with E-state index >= 15 is 0 Å². The lowest BCUT2D eigenvalue weighted by Crippen LogP contribution is -2.31. The van der Waals surface area contributed by atoms with E-state index in [2.05, 4.69) is 15.3 Å². The van der Waals surface area contributed by atoms with Gasteiger partial charge in [0.2, 0.25) is 5.95 Å². The molecule has 1 heterocycles. The van der Waals surface area contributed by atoms with Gasteiger partial charge in [-0.05, 0) is 31.0 Å². The van der Waals surface area contributed by atoms with Crippen molar-refractivity contribution < 1.29 is 5.11 Å². The maximum atomic E-state index is 12.1. The summed E-state index contributed by atoms with van der Waals surface area (Å²) in [6, 6.07) is 5.09. The zero-order valence-electron chi connectivity index (χ0n) is 11.9. The largest absolute Gasteiger partial charge is 0.399 e. The average molecular weight is 288 g/mol. The smallest absolute Gasteiger partial charge is 0.260 e. The Bertz CT molecular complexity index is 704. The molecule has 6 nitrogen and oxygen atoms in total. The number of hydrogen-bond acceptors (Lipinski definition) is 5. The molecule has 1 aliphatic carbocycles. The highest BCUT2D eigenvalue weighted by atomic mass is 16.3. The molecule has 1 aliphatic rings. The molecule has 1 saturated carbocycles. The molecule has 1 fully saturated rings. The Kier molecular flexibility index (Phi) is 3.55. The van der Waals surface area contributed by atoms with E-state index in [1.165, 1.54) is 0 Å². The van der Waals surface area contributed by atoms with Crippen LogP contribution in [0.25, 0.3) is 10.9 Å². The van der Waals surface area contributed by atoms with Gasteiger partial charge in [-0.25, -0.2) is 4.98 Å². The Morgan fingerprint density at radius 2 is 2.14 bits per heavy atom. The highest BCUT2D eigenvalue weighted by molar-refractivity contribution is 5.81. The van der Waals surface area contributed by atoms with Crippen molar-refractivity contribution in [2.45, 2.75) is 25.7 Å². The van der Waals surface area contributed by atoms with Crippen molar-refractivity contribution in [3.05, 3.63) is 28.6 Å². The number of aromatic amines is 1. The van der Waals surface area contributed by atoms with Gasteiger partial charge in [-0.1, -0.05) is 12.8 Å². The number of nitrogen functional groups attached to an aromatic ring is 1. The highest BCUT2D eigenvalue weighted by Gasteiger charge is 2.33. The van der Waals surface area contributed by atoms with Crippen LogP contribution in [0.4, 0.5) is 11.6 Å². The first-order valence-electron chi connectivity index (χ1n) is 7.26. The van der Waals surface area contributed by atoms with Gasteiger partial charge in [0.25, 0.3) is 5.56 Å². The van der Waals surface area contributed by atoms with Crippen LogP contribution >= 0.6 is 0 Å². The number of nitrogens with two attached hydrogens (primary N) is 1. The number of nitrogens with one attached hydrogen (secondary N) is 2. The fraction of sp³-hybridized carbons (Fsp3) is 0.467. The van der Waals surface area contributed by atoms with Crippen LogP contribution in [0.3, 0.4) is 0 Å². The van der Waals surface area contributed by atoms with Gasteiger partial charge < -0.3 is 16.2 Å². The lowest BCUT2D eigenvalue weighted by molar-refractivity contribution is 0.142. The van der Waals surface area contributed by atoms with Crippen LogP contribution in [-0.4, -0.2) is 28.2 Å². The van der Waals surface area contributed by atoms with E-state index in [0.29, 0.717) is 29.1 Å². The summed E-state index contributed by atoms with van der Waals surface area (Å²) in [4.78, 5) is 19.2. The van der Waals surface area contributed by atoms with Crippen LogP contribution in [0.15, 0.2) is 23.0 Å². The molecular weight excluding hydrogens is 268 g/mol. The monoisotopic (exact) mass is 288 g/mol. The molecule has 0 atom stereocenters. The number of aromatic nitrogens is 2. The standard InChI is InChI=1S/C15H20N4O2/c16-10-3-4-12-11(7-10)13(21)19-14(18-12)17-8-15(9-20)5-1-2-6-15/h3-4,7,20H,1-2,5-6,8-9,16H2,(H2,17,18,19,21). The second-order valence-electron chi connectivity index (χ2n) is 5.91. The van der Waals surface area contributed by atoms with E-state index in [4.69, 9.17) is 5.73 Å². The SMILES string of the molecule is Nc1ccc2nc(NCC3(CO)CCCC3)[nH]c(=O)c2c1. The third-order valence-electron chi connectivity index (χ3n) is 4.36. The summed E-state index contributed by atoms with van der Waals surface area (Å²) in [5.74, 6) is 0.442. The van der Waals surface area contributed by atoms with Gasteiger partial charge >= 0.3 is 0 Å². The van der Waals surface area contributed by atoms with Gasteiger partial charge in [-0.15, -0.1) is 0 Å². The Hall–Kier alpha value is -2.08. The third kappa shape index (κ3) is 2.71. The molecule has 1 aromatic carbocycles. The van der Waals surface area contributed by atoms with Crippen molar-refractivity contribution in [3.8, 4) is 0 Å². The summed E-state index contributed by atoms with van der Waals surface area (Å²) >= 11 is 0. The van der Waals surface area contributed by atoms with Crippen LogP contribution in [0.2, 0.25) is 0 Å². The molecule has 0 aliphatic heterocycles. The van der Waals surface area contributed by atoms with Gasteiger partial charge in [0.1, 0.15) is 0 Å². The first-order chi connectivity index (χ1) is 10.1. The summed E-state index contributed by atoms with van der Waals surface area (Å²) < 4.78 is 0. The lowest BCUT2D eigenvalue weighted by Gasteiger charge is -2.26. The fourth-order valence-corrected chi connectivity index (χ4v) is 3.03. The normalized spacial score (nSPS) is 17.2. The summed E-state index contributed by atoms with van der Waals surface area (Å²) in [6.45, 7) is 0.779. The predicted octanol–water partition coefficient (Wildman–Crippen LogP) is 1.47. The van der Waals surface area contributed by atoms with Crippen molar-refractivity contribution >= 4 is 22.5 Å². The Morgan fingerprint density at radius 3 is 2.86 bits per heavy atom. The molecule has 0 bridgehead atoms. The molecule has 112 valence electrons. The number of H-pyrrole nitrogens is 1. The Labute approximate surface area is 122 Å². The maximum absolute atomic E-state index is 12.1. The number of aliphatic hydroxyl groups is 1. The van der Waals surface area contributed by atoms with Gasteiger partial charge in [-0.3, -0.25) is 9.78 Å². The van der Waals surface area contributed by atoms with Crippen molar-refractivity contribution in [1.82, 2.24) is 9.97 Å². The molecule has 6 heteroatoms. The molecule has 0 unspecified atom stereocenters. The number of hydrogen-bond donors (Lipinski definition) is 4. The molecule has 21 heavy (non-hydrogen) atoms. The van der Waals surface area contributed by atoms with Crippen molar-refractivity contribution in [2.24, 2.45) is 5.41 Å². The minimum atomic E-state index is -0.209. The van der Waals surface area contributed by atoms with Crippen molar-refractivity contribution in [1.29, 1.82) is 0 Å². The van der Waals surface area contributed by atoms with E-state index < -0.39 is 0 Å². The van der Waals surface area contributed by atoms with E-state index in [9.17, 15) is 9.90 Å². The number of anilines is 2. The van der Waals surface area contributed by atoms with Crippen LogP contribution < -0.4 is 16.6 Å². The molecule has 3 rings (SSSR count). The molecule has 2 aromatic rings. The van der Waals surface area contributed by atoms with Crippen LogP contribution in [0, 0.1) is 5.41 Å². The Morgan fingerprint density at radius 1 is 1.38 bits per heavy atom. The van der Waals surface area contributed by atoms with E-state index in [1.807, 2.05) is 0 Å². The first kappa shape index (κ1) is 13.9. The molecule has 5 N–H and O–H groups in total. The minimum absolute atomic E-state index is 0.0887. The molecule has 0 spiro atoms. The van der Waals surface area contributed by atoms with E-state index in [0.717, 1.165) is 25.7 Å². The number of nitrogens with zero attached hydrogens (tertiary/aromatic N) is 1. The zero-order valence-corrected chi connectivity index (χ0v) is 11.9. The summed E-state index contributed by atoms with van der Waals surface area (Å²) in [5.41, 5.74) is 6.54. The van der Waals surface area contributed by atoms with Crippen LogP contribution in [-0.2, 0) is 0 Å². The average Bonchev–Trinajstić information content (AvgIpc) is 2.95. The van der Waals surface area contributed by atoms with Gasteiger partial charge in [-0.2, -0.15) is 0 Å². The second-order valence-corrected chi connectivity index (χ2v) is 5.91. The summed E-state index contributed by atoms with van der Waals surface area (Å²) in [5, 5.41) is 13.3. The fourth-order valence-electron chi connectivity index (χ4n) is 3.03. The maximum Gasteiger partial charge on any atom is 0.260 e. The Balaban J connectivity index is 1.84. The van der Waals surface area contributed by atoms with E-state index in [-0.39, 0.29) is 17.6 Å². The van der Waals surface area contributed by atoms with Crippen LogP contribution in [0.5, 0.6) is 0 Å². The number of benzene rings is 1. The van der Waals surface area contributed by atoms with Crippen LogP contribution in [0.1, 0.15) is 25.7 Å². The van der Waals surface area contributed by atoms with E-state index in [1.54, 1.807) is 18.2 Å². The molecule has 0 radical (unpaired) electrons. The van der Waals surface area contributed by atoms with Gasteiger partial charge in [0, 0.05) is 17.6 Å². The number of aliphatic hydroxyl groups excluding tert-OH is 1. The zero-order chi connectivity index (χ0) is 14.9. The number of fused-ring (bicyclic) bond motifs is 1.